The third-order valence-corrected chi connectivity index (χ3v) is 5.15. The normalized spacial score (nSPS) is 14.9. The zero-order valence-electron chi connectivity index (χ0n) is 15.0. The lowest BCUT2D eigenvalue weighted by Crippen LogP contribution is -2.31. The van der Waals surface area contributed by atoms with Crippen molar-refractivity contribution in [1.29, 1.82) is 0 Å². The van der Waals surface area contributed by atoms with Gasteiger partial charge in [-0.25, -0.2) is 4.68 Å². The number of halogens is 1. The molecular weight excluding hydrogens is 408 g/mol. The molecule has 1 aromatic carbocycles. The predicted molar refractivity (Wildman–Crippen MR) is 105 cm³/mol. The van der Waals surface area contributed by atoms with Crippen molar-refractivity contribution in [3.05, 3.63) is 58.6 Å². The summed E-state index contributed by atoms with van der Waals surface area (Å²) in [5.41, 5.74) is 2.26. The van der Waals surface area contributed by atoms with Crippen LogP contribution in [0.25, 0.3) is 5.69 Å². The first-order valence-corrected chi connectivity index (χ1v) is 9.88. The number of benzene rings is 1. The quantitative estimate of drug-likeness (QED) is 0.626. The van der Waals surface area contributed by atoms with Crippen molar-refractivity contribution in [1.82, 2.24) is 30.1 Å². The summed E-state index contributed by atoms with van der Waals surface area (Å²) in [6.07, 6.45) is 5.82. The molecule has 1 amide bonds. The number of aromatic nitrogens is 5. The number of carbonyl (C=O) groups is 1. The van der Waals surface area contributed by atoms with E-state index in [1.165, 1.54) is 0 Å². The van der Waals surface area contributed by atoms with Crippen molar-refractivity contribution in [2.45, 2.75) is 32.2 Å². The molecule has 0 aliphatic heterocycles. The fourth-order valence-electron chi connectivity index (χ4n) is 3.09. The van der Waals surface area contributed by atoms with Crippen LogP contribution < -0.4 is 5.32 Å². The monoisotopic (exact) mass is 428 g/mol. The molecule has 1 saturated carbocycles. The summed E-state index contributed by atoms with van der Waals surface area (Å²) in [6.45, 7) is 3.41. The minimum Gasteiger partial charge on any atom is -0.350 e. The average Bonchev–Trinajstić information content (AvgIpc) is 3.19. The van der Waals surface area contributed by atoms with Gasteiger partial charge in [-0.3, -0.25) is 9.48 Å². The summed E-state index contributed by atoms with van der Waals surface area (Å²) < 4.78 is 4.67. The van der Waals surface area contributed by atoms with Crippen molar-refractivity contribution in [2.75, 3.05) is 6.54 Å². The Morgan fingerprint density at radius 3 is 2.78 bits per heavy atom. The molecule has 1 N–H and O–H groups in total. The number of nitrogens with one attached hydrogen (secondary N) is 1. The molecule has 1 unspecified atom stereocenters. The van der Waals surface area contributed by atoms with Gasteiger partial charge in [-0.2, -0.15) is 5.10 Å². The molecule has 140 valence electrons. The first kappa shape index (κ1) is 17.9. The van der Waals surface area contributed by atoms with Crippen LogP contribution in [0.2, 0.25) is 0 Å². The maximum absolute atomic E-state index is 12.7. The molecule has 4 rings (SSSR count). The van der Waals surface area contributed by atoms with Gasteiger partial charge >= 0.3 is 0 Å². The molecule has 0 spiro atoms. The summed E-state index contributed by atoms with van der Waals surface area (Å²) in [5, 5.41) is 15.7. The number of nitrogens with zero attached hydrogens (tertiary/aromatic N) is 5. The minimum atomic E-state index is -0.160. The summed E-state index contributed by atoms with van der Waals surface area (Å²) in [5.74, 6) is 0.457. The first-order valence-electron chi connectivity index (χ1n) is 9.09. The van der Waals surface area contributed by atoms with Gasteiger partial charge < -0.3 is 5.32 Å². The Balaban J connectivity index is 1.48. The number of carbonyl (C=O) groups excluding carboxylic acids is 1. The third kappa shape index (κ3) is 4.10. The van der Waals surface area contributed by atoms with Crippen molar-refractivity contribution >= 4 is 21.8 Å². The zero-order chi connectivity index (χ0) is 18.8. The van der Waals surface area contributed by atoms with Gasteiger partial charge in [0.25, 0.3) is 5.91 Å². The van der Waals surface area contributed by atoms with E-state index >= 15 is 0 Å². The number of hydrogen-bond donors (Lipinski definition) is 1. The number of hydrogen-bond acceptors (Lipinski definition) is 4. The van der Waals surface area contributed by atoms with E-state index in [1.807, 2.05) is 41.2 Å². The molecular formula is C19H21BrN6O. The molecule has 1 aliphatic rings. The molecule has 2 aromatic heterocycles. The van der Waals surface area contributed by atoms with Crippen LogP contribution in [0.1, 0.15) is 41.9 Å². The second-order valence-corrected chi connectivity index (χ2v) is 7.94. The van der Waals surface area contributed by atoms with Crippen LogP contribution >= 0.6 is 15.9 Å². The molecule has 0 bridgehead atoms. The van der Waals surface area contributed by atoms with Crippen LogP contribution in [-0.2, 0) is 6.54 Å². The van der Waals surface area contributed by atoms with Crippen LogP contribution in [0, 0.1) is 5.92 Å². The van der Waals surface area contributed by atoms with E-state index in [2.05, 4.69) is 43.6 Å². The predicted octanol–water partition coefficient (Wildman–Crippen LogP) is 3.17. The van der Waals surface area contributed by atoms with E-state index in [-0.39, 0.29) is 11.8 Å². The molecule has 7 nitrogen and oxygen atoms in total. The molecule has 1 fully saturated rings. The van der Waals surface area contributed by atoms with E-state index in [1.54, 1.807) is 10.9 Å². The average molecular weight is 429 g/mol. The fourth-order valence-corrected chi connectivity index (χ4v) is 3.35. The van der Waals surface area contributed by atoms with Gasteiger partial charge in [-0.15, -0.1) is 5.10 Å². The lowest BCUT2D eigenvalue weighted by molar-refractivity contribution is 0.0940. The number of amides is 1. The second kappa shape index (κ2) is 7.64. The van der Waals surface area contributed by atoms with E-state index in [9.17, 15) is 4.79 Å². The largest absolute Gasteiger partial charge is 0.350 e. The Bertz CT molecular complexity index is 914. The number of rotatable bonds is 7. The first-order chi connectivity index (χ1) is 13.1. The van der Waals surface area contributed by atoms with E-state index in [4.69, 9.17) is 0 Å². The van der Waals surface area contributed by atoms with Crippen LogP contribution in [-0.4, -0.2) is 37.2 Å². The Hall–Kier alpha value is -2.48. The van der Waals surface area contributed by atoms with Gasteiger partial charge in [0, 0.05) is 35.9 Å². The lowest BCUT2D eigenvalue weighted by Gasteiger charge is -2.13. The molecule has 1 atom stereocenters. The fraction of sp³-hybridized carbons (Fsp3) is 0.368. The van der Waals surface area contributed by atoms with Gasteiger partial charge in [0.1, 0.15) is 0 Å². The molecule has 3 aromatic rings. The Kier molecular flexibility index (Phi) is 5.07. The summed E-state index contributed by atoms with van der Waals surface area (Å²) in [6, 6.07) is 9.76. The van der Waals surface area contributed by atoms with Crippen molar-refractivity contribution in [3.63, 3.8) is 0 Å². The highest BCUT2D eigenvalue weighted by molar-refractivity contribution is 9.10. The minimum absolute atomic E-state index is 0.160. The van der Waals surface area contributed by atoms with Crippen molar-refractivity contribution < 1.29 is 4.79 Å². The maximum Gasteiger partial charge on any atom is 0.273 e. The van der Waals surface area contributed by atoms with E-state index in [0.717, 1.165) is 35.2 Å². The smallest absolute Gasteiger partial charge is 0.273 e. The van der Waals surface area contributed by atoms with Crippen molar-refractivity contribution in [3.8, 4) is 5.69 Å². The van der Waals surface area contributed by atoms with E-state index in [0.29, 0.717) is 18.2 Å². The van der Waals surface area contributed by atoms with Crippen LogP contribution in [0.5, 0.6) is 0 Å². The highest BCUT2D eigenvalue weighted by atomic mass is 79.9. The highest BCUT2D eigenvalue weighted by Crippen LogP contribution is 2.42. The van der Waals surface area contributed by atoms with Crippen LogP contribution in [0.15, 0.2) is 47.2 Å². The molecule has 1 aliphatic carbocycles. The zero-order valence-corrected chi connectivity index (χ0v) is 16.6. The summed E-state index contributed by atoms with van der Waals surface area (Å²) >= 11 is 3.45. The molecule has 0 radical (unpaired) electrons. The van der Waals surface area contributed by atoms with E-state index < -0.39 is 0 Å². The summed E-state index contributed by atoms with van der Waals surface area (Å²) in [4.78, 5) is 12.7. The Morgan fingerprint density at radius 1 is 1.33 bits per heavy atom. The highest BCUT2D eigenvalue weighted by Gasteiger charge is 2.34. The van der Waals surface area contributed by atoms with Gasteiger partial charge in [0.15, 0.2) is 5.69 Å². The second-order valence-electron chi connectivity index (χ2n) is 7.03. The van der Waals surface area contributed by atoms with Gasteiger partial charge in [0.05, 0.1) is 11.4 Å². The Labute approximate surface area is 165 Å². The van der Waals surface area contributed by atoms with Crippen molar-refractivity contribution in [2.24, 2.45) is 5.92 Å². The van der Waals surface area contributed by atoms with Crippen LogP contribution in [0.4, 0.5) is 0 Å². The van der Waals surface area contributed by atoms with Crippen LogP contribution in [0.3, 0.4) is 0 Å². The lowest BCUT2D eigenvalue weighted by atomic mass is 10.1. The molecule has 2 heterocycles. The van der Waals surface area contributed by atoms with Gasteiger partial charge in [0.2, 0.25) is 0 Å². The Morgan fingerprint density at radius 2 is 2.11 bits per heavy atom. The van der Waals surface area contributed by atoms with Gasteiger partial charge in [-0.05, 0) is 49.1 Å². The maximum atomic E-state index is 12.7. The molecule has 27 heavy (non-hydrogen) atoms. The standard InChI is InChI=1S/C19H21BrN6O/c1-13(12-25-10-2-9-22-25)11-21-19(27)17-18(14-3-4-14)26(24-23-17)16-7-5-15(20)6-8-16/h2,5-10,13-14H,3-4,11-12H2,1H3,(H,21,27). The third-order valence-electron chi connectivity index (χ3n) is 4.62. The topological polar surface area (TPSA) is 77.6 Å². The SMILES string of the molecule is CC(CNC(=O)c1nnn(-c2ccc(Br)cc2)c1C1CC1)Cn1cccn1. The summed E-state index contributed by atoms with van der Waals surface area (Å²) in [7, 11) is 0. The molecule has 8 heteroatoms. The van der Waals surface area contributed by atoms with Gasteiger partial charge in [-0.1, -0.05) is 28.1 Å². The molecule has 0 saturated heterocycles.